The molecule has 6 nitrogen and oxygen atoms in total. The maximum atomic E-state index is 12.0. The van der Waals surface area contributed by atoms with Crippen LogP contribution in [0.2, 0.25) is 0 Å². The highest BCUT2D eigenvalue weighted by atomic mass is 16.3. The lowest BCUT2D eigenvalue weighted by Gasteiger charge is -2.09. The average molecular weight is 274 g/mol. The van der Waals surface area contributed by atoms with Gasteiger partial charge in [-0.2, -0.15) is 0 Å². The molecule has 0 atom stereocenters. The van der Waals surface area contributed by atoms with Crippen LogP contribution in [0.1, 0.15) is 22.8 Å². The average Bonchev–Trinajstić information content (AvgIpc) is 2.41. The van der Waals surface area contributed by atoms with Crippen LogP contribution in [0, 0.1) is 0 Å². The summed E-state index contributed by atoms with van der Waals surface area (Å²) in [6.45, 7) is 1.50. The van der Waals surface area contributed by atoms with Crippen molar-refractivity contribution in [2.75, 3.05) is 0 Å². The maximum Gasteiger partial charge on any atom is 0.331 e. The number of carbonyl (C=O) groups excluding carboxylic acids is 1. The summed E-state index contributed by atoms with van der Waals surface area (Å²) in [6.07, 6.45) is 1.28. The molecule has 2 aromatic rings. The maximum absolute atomic E-state index is 12.0. The minimum atomic E-state index is -0.593. The van der Waals surface area contributed by atoms with Gasteiger partial charge in [-0.3, -0.25) is 18.7 Å². The Hall–Kier alpha value is -2.63. The molecule has 1 N–H and O–H groups in total. The van der Waals surface area contributed by atoms with E-state index in [2.05, 4.69) is 0 Å². The van der Waals surface area contributed by atoms with E-state index in [0.29, 0.717) is 0 Å². The number of phenolic OH excluding ortho intramolecular Hbond substituents is 1. The SMILES string of the molecule is CC(=O)c1cn(Cc2ccc(O)cc2)c(=O)n(C)c1=O. The molecule has 1 aromatic heterocycles. The molecule has 104 valence electrons. The molecular weight excluding hydrogens is 260 g/mol. The molecule has 6 heteroatoms. The molecule has 0 aliphatic rings. The Morgan fingerprint density at radius 2 is 1.80 bits per heavy atom. The van der Waals surface area contributed by atoms with E-state index in [1.807, 2.05) is 0 Å². The van der Waals surface area contributed by atoms with Gasteiger partial charge in [-0.15, -0.1) is 0 Å². The molecule has 20 heavy (non-hydrogen) atoms. The number of nitrogens with zero attached hydrogens (tertiary/aromatic N) is 2. The zero-order valence-corrected chi connectivity index (χ0v) is 11.2. The first-order chi connectivity index (χ1) is 9.40. The number of hydrogen-bond donors (Lipinski definition) is 1. The lowest BCUT2D eigenvalue weighted by atomic mass is 10.2. The molecule has 0 spiro atoms. The van der Waals surface area contributed by atoms with Gasteiger partial charge in [0.2, 0.25) is 0 Å². The highest BCUT2D eigenvalue weighted by molar-refractivity contribution is 5.93. The Bertz CT molecular complexity index is 769. The third kappa shape index (κ3) is 2.54. The van der Waals surface area contributed by atoms with Crippen LogP contribution in [-0.4, -0.2) is 20.0 Å². The van der Waals surface area contributed by atoms with Crippen LogP contribution in [0.15, 0.2) is 40.1 Å². The molecule has 0 unspecified atom stereocenters. The van der Waals surface area contributed by atoms with E-state index in [-0.39, 0.29) is 23.6 Å². The largest absolute Gasteiger partial charge is 0.508 e. The second-order valence-corrected chi connectivity index (χ2v) is 4.54. The molecule has 0 amide bonds. The number of phenols is 1. The minimum absolute atomic E-state index is 0.0223. The Labute approximate surface area is 114 Å². The first-order valence-electron chi connectivity index (χ1n) is 5.99. The highest BCUT2D eigenvalue weighted by Crippen LogP contribution is 2.10. The van der Waals surface area contributed by atoms with Crippen molar-refractivity contribution in [3.63, 3.8) is 0 Å². The lowest BCUT2D eigenvalue weighted by Crippen LogP contribution is -2.40. The van der Waals surface area contributed by atoms with Crippen LogP contribution in [0.5, 0.6) is 5.75 Å². The van der Waals surface area contributed by atoms with Crippen molar-refractivity contribution in [1.29, 1.82) is 0 Å². The fraction of sp³-hybridized carbons (Fsp3) is 0.214. The summed E-state index contributed by atoms with van der Waals surface area (Å²) in [5.74, 6) is -0.254. The van der Waals surface area contributed by atoms with Crippen LogP contribution in [0.25, 0.3) is 0 Å². The summed E-state index contributed by atoms with van der Waals surface area (Å²) < 4.78 is 2.21. The van der Waals surface area contributed by atoms with Crippen LogP contribution in [0.4, 0.5) is 0 Å². The number of ketones is 1. The predicted molar refractivity (Wildman–Crippen MR) is 73.2 cm³/mol. The van der Waals surface area contributed by atoms with Crippen LogP contribution >= 0.6 is 0 Å². The van der Waals surface area contributed by atoms with Crippen molar-refractivity contribution in [3.8, 4) is 5.75 Å². The first kappa shape index (κ1) is 13.8. The number of Topliss-reactive ketones (excluding diaryl/α,β-unsaturated/α-hetero) is 1. The van der Waals surface area contributed by atoms with Gasteiger partial charge in [0.25, 0.3) is 5.56 Å². The Morgan fingerprint density at radius 3 is 2.35 bits per heavy atom. The van der Waals surface area contributed by atoms with Gasteiger partial charge in [0, 0.05) is 13.2 Å². The molecular formula is C14H14N2O4. The van der Waals surface area contributed by atoms with Crippen molar-refractivity contribution in [3.05, 3.63) is 62.4 Å². The van der Waals surface area contributed by atoms with Crippen LogP contribution in [0.3, 0.4) is 0 Å². The second-order valence-electron chi connectivity index (χ2n) is 4.54. The van der Waals surface area contributed by atoms with E-state index in [0.717, 1.165) is 10.1 Å². The lowest BCUT2D eigenvalue weighted by molar-refractivity contribution is 0.101. The summed E-state index contributed by atoms with van der Waals surface area (Å²) in [7, 11) is 1.34. The third-order valence-corrected chi connectivity index (χ3v) is 3.02. The Kier molecular flexibility index (Phi) is 3.56. The fourth-order valence-electron chi connectivity index (χ4n) is 1.88. The quantitative estimate of drug-likeness (QED) is 0.826. The van der Waals surface area contributed by atoms with Crippen LogP contribution < -0.4 is 11.2 Å². The van der Waals surface area contributed by atoms with E-state index >= 15 is 0 Å². The van der Waals surface area contributed by atoms with E-state index in [9.17, 15) is 19.5 Å². The number of rotatable bonds is 3. The Balaban J connectivity index is 2.52. The molecule has 0 saturated carbocycles. The van der Waals surface area contributed by atoms with Gasteiger partial charge in [0.15, 0.2) is 5.78 Å². The summed E-state index contributed by atoms with van der Waals surface area (Å²) >= 11 is 0. The van der Waals surface area contributed by atoms with Crippen molar-refractivity contribution in [2.24, 2.45) is 7.05 Å². The van der Waals surface area contributed by atoms with Gasteiger partial charge in [-0.05, 0) is 24.6 Å². The van der Waals surface area contributed by atoms with Gasteiger partial charge < -0.3 is 5.11 Å². The molecule has 0 saturated heterocycles. The third-order valence-electron chi connectivity index (χ3n) is 3.02. The van der Waals surface area contributed by atoms with Crippen molar-refractivity contribution in [2.45, 2.75) is 13.5 Å². The predicted octanol–water partition coefficient (Wildman–Crippen LogP) is 0.504. The minimum Gasteiger partial charge on any atom is -0.508 e. The van der Waals surface area contributed by atoms with E-state index < -0.39 is 11.2 Å². The molecule has 2 rings (SSSR count). The highest BCUT2D eigenvalue weighted by Gasteiger charge is 2.12. The van der Waals surface area contributed by atoms with Gasteiger partial charge in [0.05, 0.1) is 12.1 Å². The Morgan fingerprint density at radius 1 is 1.20 bits per heavy atom. The molecule has 0 bridgehead atoms. The van der Waals surface area contributed by atoms with E-state index in [4.69, 9.17) is 0 Å². The molecule has 1 aromatic carbocycles. The van der Waals surface area contributed by atoms with Crippen molar-refractivity contribution >= 4 is 5.78 Å². The monoisotopic (exact) mass is 274 g/mol. The number of hydrogen-bond acceptors (Lipinski definition) is 4. The summed E-state index contributed by atoms with van der Waals surface area (Å²) in [6, 6.07) is 6.35. The smallest absolute Gasteiger partial charge is 0.331 e. The molecule has 0 aliphatic heterocycles. The zero-order valence-electron chi connectivity index (χ0n) is 11.2. The summed E-state index contributed by atoms with van der Waals surface area (Å²) in [5, 5.41) is 9.22. The fourth-order valence-corrected chi connectivity index (χ4v) is 1.88. The molecule has 0 aliphatic carbocycles. The van der Waals surface area contributed by atoms with Gasteiger partial charge >= 0.3 is 5.69 Å². The first-order valence-corrected chi connectivity index (χ1v) is 5.99. The number of benzene rings is 1. The summed E-state index contributed by atoms with van der Waals surface area (Å²) in [4.78, 5) is 35.2. The standard InChI is InChI=1S/C14H14N2O4/c1-9(17)12-8-16(14(20)15(2)13(12)19)7-10-3-5-11(18)6-4-10/h3-6,8,18H,7H2,1-2H3. The summed E-state index contributed by atoms with van der Waals surface area (Å²) in [5.41, 5.74) is -0.332. The zero-order chi connectivity index (χ0) is 14.9. The van der Waals surface area contributed by atoms with Crippen molar-refractivity contribution in [1.82, 2.24) is 9.13 Å². The topological polar surface area (TPSA) is 81.3 Å². The van der Waals surface area contributed by atoms with Gasteiger partial charge in [0.1, 0.15) is 5.75 Å². The molecule has 0 fully saturated rings. The normalized spacial score (nSPS) is 10.5. The van der Waals surface area contributed by atoms with Crippen LogP contribution in [-0.2, 0) is 13.6 Å². The van der Waals surface area contributed by atoms with E-state index in [1.54, 1.807) is 12.1 Å². The van der Waals surface area contributed by atoms with Gasteiger partial charge in [-0.25, -0.2) is 4.79 Å². The number of carbonyl (C=O) groups is 1. The van der Waals surface area contributed by atoms with E-state index in [1.165, 1.54) is 36.9 Å². The second kappa shape index (κ2) is 5.16. The number of aromatic hydroxyl groups is 1. The van der Waals surface area contributed by atoms with Crippen molar-refractivity contribution < 1.29 is 9.90 Å². The molecule has 1 heterocycles. The van der Waals surface area contributed by atoms with Gasteiger partial charge in [-0.1, -0.05) is 12.1 Å². The molecule has 0 radical (unpaired) electrons. The number of aromatic nitrogens is 2.